The maximum atomic E-state index is 11.6. The third kappa shape index (κ3) is 2.16. The van der Waals surface area contributed by atoms with Gasteiger partial charge < -0.3 is 4.90 Å². The van der Waals surface area contributed by atoms with Crippen molar-refractivity contribution in [2.75, 3.05) is 11.9 Å². The fraction of sp³-hybridized carbons (Fsp3) is 0.429. The van der Waals surface area contributed by atoms with Crippen LogP contribution in [0.4, 0.5) is 5.69 Å². The number of nitrogens with zero attached hydrogens (tertiary/aromatic N) is 2. The Morgan fingerprint density at radius 1 is 1.47 bits per heavy atom. The first kappa shape index (κ1) is 11.7. The first-order valence-corrected chi connectivity index (χ1v) is 5.91. The summed E-state index contributed by atoms with van der Waals surface area (Å²) >= 11 is 0. The minimum atomic E-state index is 0.0515. The van der Waals surface area contributed by atoms with Gasteiger partial charge in [0.05, 0.1) is 11.6 Å². The molecular formula is C14H16N2O. The predicted molar refractivity (Wildman–Crippen MR) is 67.2 cm³/mol. The summed E-state index contributed by atoms with van der Waals surface area (Å²) in [5.74, 6) is 0.0515. The average Bonchev–Trinajstić information content (AvgIpc) is 2.25. The van der Waals surface area contributed by atoms with Crippen LogP contribution in [-0.4, -0.2) is 18.9 Å². The van der Waals surface area contributed by atoms with Crippen LogP contribution in [0.25, 0.3) is 0 Å². The molecule has 0 bridgehead atoms. The van der Waals surface area contributed by atoms with Crippen LogP contribution in [0.5, 0.6) is 0 Å². The maximum absolute atomic E-state index is 11.6. The SMILES string of the molecule is CC(=O)c1ccc(C#N)cc1N(C)C1CCC1. The van der Waals surface area contributed by atoms with Crippen LogP contribution in [0.15, 0.2) is 18.2 Å². The molecule has 0 amide bonds. The molecule has 1 saturated carbocycles. The molecule has 1 aliphatic carbocycles. The van der Waals surface area contributed by atoms with Crippen molar-refractivity contribution in [3.8, 4) is 6.07 Å². The van der Waals surface area contributed by atoms with Crippen LogP contribution in [0, 0.1) is 11.3 Å². The van der Waals surface area contributed by atoms with E-state index < -0.39 is 0 Å². The van der Waals surface area contributed by atoms with Crippen molar-refractivity contribution >= 4 is 11.5 Å². The first-order chi connectivity index (χ1) is 8.13. The van der Waals surface area contributed by atoms with Crippen LogP contribution in [0.2, 0.25) is 0 Å². The molecule has 0 atom stereocenters. The summed E-state index contributed by atoms with van der Waals surface area (Å²) in [6, 6.07) is 7.91. The Kier molecular flexibility index (Phi) is 3.14. The molecular weight excluding hydrogens is 212 g/mol. The van der Waals surface area contributed by atoms with E-state index in [0.29, 0.717) is 17.2 Å². The number of Topliss-reactive ketones (excluding diaryl/α,β-unsaturated/α-hetero) is 1. The third-order valence-electron chi connectivity index (χ3n) is 3.51. The molecule has 0 unspecified atom stereocenters. The van der Waals surface area contributed by atoms with Gasteiger partial charge in [-0.05, 0) is 44.4 Å². The van der Waals surface area contributed by atoms with Crippen molar-refractivity contribution in [1.29, 1.82) is 5.26 Å². The number of rotatable bonds is 3. The van der Waals surface area contributed by atoms with E-state index in [-0.39, 0.29) is 5.78 Å². The predicted octanol–water partition coefficient (Wildman–Crippen LogP) is 2.75. The summed E-state index contributed by atoms with van der Waals surface area (Å²) in [4.78, 5) is 13.7. The molecule has 0 radical (unpaired) electrons. The third-order valence-corrected chi connectivity index (χ3v) is 3.51. The van der Waals surface area contributed by atoms with Gasteiger partial charge in [-0.2, -0.15) is 5.26 Å². The second-order valence-corrected chi connectivity index (χ2v) is 4.60. The van der Waals surface area contributed by atoms with Crippen molar-refractivity contribution in [3.05, 3.63) is 29.3 Å². The molecule has 1 fully saturated rings. The molecule has 0 N–H and O–H groups in total. The van der Waals surface area contributed by atoms with E-state index in [9.17, 15) is 4.79 Å². The summed E-state index contributed by atoms with van der Waals surface area (Å²) < 4.78 is 0. The van der Waals surface area contributed by atoms with Gasteiger partial charge in [0.2, 0.25) is 0 Å². The molecule has 88 valence electrons. The average molecular weight is 228 g/mol. The quantitative estimate of drug-likeness (QED) is 0.747. The van der Waals surface area contributed by atoms with E-state index in [1.54, 1.807) is 19.1 Å². The van der Waals surface area contributed by atoms with Crippen molar-refractivity contribution in [2.24, 2.45) is 0 Å². The number of anilines is 1. The van der Waals surface area contributed by atoms with E-state index in [1.807, 2.05) is 13.1 Å². The fourth-order valence-corrected chi connectivity index (χ4v) is 2.16. The van der Waals surface area contributed by atoms with Gasteiger partial charge in [0, 0.05) is 24.3 Å². The van der Waals surface area contributed by atoms with E-state index in [0.717, 1.165) is 5.69 Å². The van der Waals surface area contributed by atoms with Crippen LogP contribution in [0.3, 0.4) is 0 Å². The Labute approximate surface area is 102 Å². The van der Waals surface area contributed by atoms with Crippen molar-refractivity contribution in [2.45, 2.75) is 32.2 Å². The Morgan fingerprint density at radius 2 is 2.18 bits per heavy atom. The zero-order valence-electron chi connectivity index (χ0n) is 10.2. The monoisotopic (exact) mass is 228 g/mol. The van der Waals surface area contributed by atoms with Crippen molar-refractivity contribution in [1.82, 2.24) is 0 Å². The zero-order chi connectivity index (χ0) is 12.4. The number of hydrogen-bond donors (Lipinski definition) is 0. The smallest absolute Gasteiger partial charge is 0.161 e. The maximum Gasteiger partial charge on any atom is 0.161 e. The first-order valence-electron chi connectivity index (χ1n) is 5.91. The van der Waals surface area contributed by atoms with E-state index in [2.05, 4.69) is 11.0 Å². The number of benzene rings is 1. The lowest BCUT2D eigenvalue weighted by Crippen LogP contribution is -2.37. The van der Waals surface area contributed by atoms with Gasteiger partial charge in [0.25, 0.3) is 0 Å². The standard InChI is InChI=1S/C14H16N2O/c1-10(17)13-7-6-11(9-15)8-14(13)16(2)12-4-3-5-12/h6-8,12H,3-5H2,1-2H3. The number of nitriles is 1. The van der Waals surface area contributed by atoms with E-state index in [1.165, 1.54) is 19.3 Å². The second kappa shape index (κ2) is 4.58. The van der Waals surface area contributed by atoms with Gasteiger partial charge in [0.15, 0.2) is 5.78 Å². The summed E-state index contributed by atoms with van der Waals surface area (Å²) in [7, 11) is 2.01. The highest BCUT2D eigenvalue weighted by molar-refractivity contribution is 6.00. The Morgan fingerprint density at radius 3 is 2.65 bits per heavy atom. The van der Waals surface area contributed by atoms with E-state index in [4.69, 9.17) is 5.26 Å². The molecule has 0 saturated heterocycles. The van der Waals surface area contributed by atoms with E-state index >= 15 is 0 Å². The van der Waals surface area contributed by atoms with Gasteiger partial charge in [-0.15, -0.1) is 0 Å². The van der Waals surface area contributed by atoms with Gasteiger partial charge in [-0.25, -0.2) is 0 Å². The highest BCUT2D eigenvalue weighted by Gasteiger charge is 2.24. The molecule has 3 heteroatoms. The van der Waals surface area contributed by atoms with Crippen molar-refractivity contribution in [3.63, 3.8) is 0 Å². The Bertz CT molecular complexity index is 483. The van der Waals surface area contributed by atoms with Gasteiger partial charge >= 0.3 is 0 Å². The highest BCUT2D eigenvalue weighted by atomic mass is 16.1. The molecule has 1 aromatic rings. The second-order valence-electron chi connectivity index (χ2n) is 4.60. The zero-order valence-corrected chi connectivity index (χ0v) is 10.2. The van der Waals surface area contributed by atoms with Crippen molar-refractivity contribution < 1.29 is 4.79 Å². The molecule has 1 aliphatic rings. The molecule has 3 nitrogen and oxygen atoms in total. The minimum Gasteiger partial charge on any atom is -0.371 e. The van der Waals surface area contributed by atoms with Gasteiger partial charge in [-0.3, -0.25) is 4.79 Å². The molecule has 17 heavy (non-hydrogen) atoms. The molecule has 1 aromatic carbocycles. The number of carbonyl (C=O) groups is 1. The normalized spacial score (nSPS) is 14.9. The van der Waals surface area contributed by atoms with Gasteiger partial charge in [-0.1, -0.05) is 0 Å². The molecule has 2 rings (SSSR count). The lowest BCUT2D eigenvalue weighted by molar-refractivity contribution is 0.101. The summed E-state index contributed by atoms with van der Waals surface area (Å²) in [6.07, 6.45) is 3.59. The van der Waals surface area contributed by atoms with Gasteiger partial charge in [0.1, 0.15) is 0 Å². The summed E-state index contributed by atoms with van der Waals surface area (Å²) in [6.45, 7) is 1.57. The Balaban J connectivity index is 2.40. The minimum absolute atomic E-state index is 0.0515. The molecule has 0 heterocycles. The highest BCUT2D eigenvalue weighted by Crippen LogP contribution is 2.31. The largest absolute Gasteiger partial charge is 0.371 e. The number of ketones is 1. The van der Waals surface area contributed by atoms with Crippen LogP contribution < -0.4 is 4.90 Å². The fourth-order valence-electron chi connectivity index (χ4n) is 2.16. The number of carbonyl (C=O) groups excluding carboxylic acids is 1. The topological polar surface area (TPSA) is 44.1 Å². The lowest BCUT2D eigenvalue weighted by Gasteiger charge is -2.37. The Hall–Kier alpha value is -1.82. The molecule has 0 aliphatic heterocycles. The van der Waals surface area contributed by atoms with Crippen LogP contribution in [0.1, 0.15) is 42.1 Å². The number of hydrogen-bond acceptors (Lipinski definition) is 3. The van der Waals surface area contributed by atoms with Crippen LogP contribution >= 0.6 is 0 Å². The van der Waals surface area contributed by atoms with Crippen LogP contribution in [-0.2, 0) is 0 Å². The molecule has 0 spiro atoms. The lowest BCUT2D eigenvalue weighted by atomic mass is 9.90. The summed E-state index contributed by atoms with van der Waals surface area (Å²) in [5, 5.41) is 8.93. The summed E-state index contributed by atoms with van der Waals surface area (Å²) in [5.41, 5.74) is 2.20. The molecule has 0 aromatic heterocycles.